The van der Waals surface area contributed by atoms with Gasteiger partial charge in [-0.15, -0.1) is 0 Å². The summed E-state index contributed by atoms with van der Waals surface area (Å²) in [5, 5.41) is 4.40. The number of aryl methyl sites for hydroxylation is 2. The van der Waals surface area contributed by atoms with E-state index in [4.69, 9.17) is 19.5 Å². The molecule has 6 aromatic carbocycles. The van der Waals surface area contributed by atoms with Gasteiger partial charge in [-0.1, -0.05) is 60.7 Å². The molecule has 0 saturated heterocycles. The smallest absolute Gasteiger partial charge is 0.126 e. The van der Waals surface area contributed by atoms with Crippen LogP contribution in [-0.4, -0.2) is 26.6 Å². The van der Waals surface area contributed by atoms with Gasteiger partial charge in [-0.05, 0) is 95.4 Å². The summed E-state index contributed by atoms with van der Waals surface area (Å²) in [7, 11) is 3.40. The van der Waals surface area contributed by atoms with Crippen molar-refractivity contribution < 1.29 is 9.47 Å². The molecular formula is C38H32N2O2. The SMILES string of the molecule is COc1ccc(C=Nc2ccc(-c3ccc(N=Cc4ccc(OC)c5ccccc45)c(C)c3)cc2C)c2ccccc12. The molecule has 0 radical (unpaired) electrons. The Morgan fingerprint density at radius 2 is 0.881 bits per heavy atom. The second-order valence-electron chi connectivity index (χ2n) is 10.3. The van der Waals surface area contributed by atoms with E-state index in [0.717, 1.165) is 77.8 Å². The van der Waals surface area contributed by atoms with Gasteiger partial charge in [-0.2, -0.15) is 0 Å². The number of hydrogen-bond acceptors (Lipinski definition) is 4. The molecule has 42 heavy (non-hydrogen) atoms. The van der Waals surface area contributed by atoms with E-state index in [-0.39, 0.29) is 0 Å². The van der Waals surface area contributed by atoms with Gasteiger partial charge in [0.15, 0.2) is 0 Å². The molecule has 0 aromatic heterocycles. The number of aliphatic imine (C=N–C) groups is 2. The van der Waals surface area contributed by atoms with Crippen LogP contribution in [-0.2, 0) is 0 Å². The van der Waals surface area contributed by atoms with Crippen LogP contribution in [0.25, 0.3) is 32.7 Å². The van der Waals surface area contributed by atoms with Crippen molar-refractivity contribution in [1.29, 1.82) is 0 Å². The minimum absolute atomic E-state index is 0.865. The molecule has 0 fully saturated rings. The zero-order chi connectivity index (χ0) is 29.1. The van der Waals surface area contributed by atoms with Gasteiger partial charge in [0.25, 0.3) is 0 Å². The first-order valence-electron chi connectivity index (χ1n) is 14.0. The van der Waals surface area contributed by atoms with Gasteiger partial charge >= 0.3 is 0 Å². The topological polar surface area (TPSA) is 43.2 Å². The first kappa shape index (κ1) is 27.0. The predicted octanol–water partition coefficient (Wildman–Crippen LogP) is 9.80. The Balaban J connectivity index is 1.24. The van der Waals surface area contributed by atoms with Crippen molar-refractivity contribution in [2.45, 2.75) is 13.8 Å². The highest BCUT2D eigenvalue weighted by Crippen LogP contribution is 2.32. The molecule has 0 aliphatic rings. The molecule has 4 heteroatoms. The molecule has 0 bridgehead atoms. The van der Waals surface area contributed by atoms with E-state index in [1.165, 1.54) is 0 Å². The van der Waals surface area contributed by atoms with Gasteiger partial charge in [0, 0.05) is 34.3 Å². The van der Waals surface area contributed by atoms with Crippen molar-refractivity contribution in [3.8, 4) is 22.6 Å². The Bertz CT molecular complexity index is 1840. The van der Waals surface area contributed by atoms with Crippen molar-refractivity contribution >= 4 is 45.3 Å². The number of rotatable bonds is 7. The van der Waals surface area contributed by atoms with Crippen LogP contribution in [0.15, 0.2) is 119 Å². The van der Waals surface area contributed by atoms with Crippen LogP contribution >= 0.6 is 0 Å². The third-order valence-corrected chi connectivity index (χ3v) is 7.69. The lowest BCUT2D eigenvalue weighted by Crippen LogP contribution is -1.90. The molecule has 0 heterocycles. The van der Waals surface area contributed by atoms with E-state index in [1.807, 2.05) is 48.8 Å². The fraction of sp³-hybridized carbons (Fsp3) is 0.105. The monoisotopic (exact) mass is 548 g/mol. The predicted molar refractivity (Wildman–Crippen MR) is 177 cm³/mol. The number of benzene rings is 6. The Morgan fingerprint density at radius 3 is 1.26 bits per heavy atom. The molecule has 0 saturated carbocycles. The number of nitrogens with zero attached hydrogens (tertiary/aromatic N) is 2. The van der Waals surface area contributed by atoms with Crippen LogP contribution in [0.5, 0.6) is 11.5 Å². The van der Waals surface area contributed by atoms with Gasteiger partial charge in [-0.3, -0.25) is 9.98 Å². The van der Waals surface area contributed by atoms with Crippen molar-refractivity contribution in [1.82, 2.24) is 0 Å². The maximum absolute atomic E-state index is 5.54. The second kappa shape index (κ2) is 11.7. The second-order valence-corrected chi connectivity index (χ2v) is 10.3. The van der Waals surface area contributed by atoms with Gasteiger partial charge < -0.3 is 9.47 Å². The largest absolute Gasteiger partial charge is 0.496 e. The number of methoxy groups -OCH3 is 2. The molecule has 0 aliphatic heterocycles. The molecule has 0 amide bonds. The lowest BCUT2D eigenvalue weighted by Gasteiger charge is -2.10. The van der Waals surface area contributed by atoms with Crippen LogP contribution < -0.4 is 9.47 Å². The molecule has 4 nitrogen and oxygen atoms in total. The van der Waals surface area contributed by atoms with Crippen molar-refractivity contribution in [2.75, 3.05) is 14.2 Å². The van der Waals surface area contributed by atoms with E-state index in [1.54, 1.807) is 14.2 Å². The number of ether oxygens (including phenoxy) is 2. The van der Waals surface area contributed by atoms with Crippen LogP contribution in [0, 0.1) is 13.8 Å². The third-order valence-electron chi connectivity index (χ3n) is 7.69. The van der Waals surface area contributed by atoms with Crippen molar-refractivity contribution in [3.05, 3.63) is 131 Å². The van der Waals surface area contributed by atoms with Crippen LogP contribution in [0.1, 0.15) is 22.3 Å². The minimum Gasteiger partial charge on any atom is -0.496 e. The van der Waals surface area contributed by atoms with E-state index in [9.17, 15) is 0 Å². The summed E-state index contributed by atoms with van der Waals surface area (Å²) in [6.45, 7) is 4.21. The molecule has 6 rings (SSSR count). The highest BCUT2D eigenvalue weighted by Gasteiger charge is 2.08. The molecule has 0 spiro atoms. The fourth-order valence-corrected chi connectivity index (χ4v) is 5.41. The van der Waals surface area contributed by atoms with Crippen molar-refractivity contribution in [2.24, 2.45) is 9.98 Å². The summed E-state index contributed by atoms with van der Waals surface area (Å²) in [6.07, 6.45) is 3.87. The maximum Gasteiger partial charge on any atom is 0.126 e. The van der Waals surface area contributed by atoms with E-state index >= 15 is 0 Å². The number of hydrogen-bond donors (Lipinski definition) is 0. The van der Waals surface area contributed by atoms with Crippen LogP contribution in [0.2, 0.25) is 0 Å². The molecule has 0 aliphatic carbocycles. The van der Waals surface area contributed by atoms with Gasteiger partial charge in [0.2, 0.25) is 0 Å². The zero-order valence-electron chi connectivity index (χ0n) is 24.3. The van der Waals surface area contributed by atoms with Crippen LogP contribution in [0.4, 0.5) is 11.4 Å². The van der Waals surface area contributed by atoms with Gasteiger partial charge in [-0.25, -0.2) is 0 Å². The summed E-state index contributed by atoms with van der Waals surface area (Å²) in [5.74, 6) is 1.73. The van der Waals surface area contributed by atoms with Gasteiger partial charge in [0.05, 0.1) is 25.6 Å². The Hall–Kier alpha value is -5.22. The molecule has 0 atom stereocenters. The molecule has 0 N–H and O–H groups in total. The quantitative estimate of drug-likeness (QED) is 0.186. The Labute approximate surface area is 246 Å². The molecular weight excluding hydrogens is 516 g/mol. The Kier molecular flexibility index (Phi) is 7.52. The van der Waals surface area contributed by atoms with E-state index in [0.29, 0.717) is 0 Å². The normalized spacial score (nSPS) is 11.6. The summed E-state index contributed by atoms with van der Waals surface area (Å²) in [4.78, 5) is 9.68. The molecule has 206 valence electrons. The van der Waals surface area contributed by atoms with Crippen LogP contribution in [0.3, 0.4) is 0 Å². The lowest BCUT2D eigenvalue weighted by atomic mass is 10.00. The summed E-state index contributed by atoms with van der Waals surface area (Å²) in [5.41, 5.74) is 8.56. The standard InChI is InChI=1S/C38H32N2O2/c1-25-21-27(13-17-35(25)39-23-29-15-19-37(41-3)33-11-7-5-9-31(29)33)28-14-18-36(26(2)22-28)40-24-30-16-20-38(42-4)34-12-8-6-10-32(30)34/h5-24H,1-4H3. The van der Waals surface area contributed by atoms with Crippen molar-refractivity contribution in [3.63, 3.8) is 0 Å². The molecule has 0 unspecified atom stereocenters. The average molecular weight is 549 g/mol. The maximum atomic E-state index is 5.54. The summed E-state index contributed by atoms with van der Waals surface area (Å²) >= 11 is 0. The first-order valence-corrected chi connectivity index (χ1v) is 14.0. The molecule has 6 aromatic rings. The third kappa shape index (κ3) is 5.27. The summed E-state index contributed by atoms with van der Waals surface area (Å²) < 4.78 is 11.1. The average Bonchev–Trinajstić information content (AvgIpc) is 3.03. The van der Waals surface area contributed by atoms with E-state index < -0.39 is 0 Å². The van der Waals surface area contributed by atoms with E-state index in [2.05, 4.69) is 86.6 Å². The zero-order valence-corrected chi connectivity index (χ0v) is 24.3. The summed E-state index contributed by atoms with van der Waals surface area (Å²) in [6, 6.07) is 37.4. The highest BCUT2D eigenvalue weighted by atomic mass is 16.5. The fourth-order valence-electron chi connectivity index (χ4n) is 5.41. The Morgan fingerprint density at radius 1 is 0.476 bits per heavy atom. The number of fused-ring (bicyclic) bond motifs is 2. The van der Waals surface area contributed by atoms with Gasteiger partial charge in [0.1, 0.15) is 11.5 Å². The minimum atomic E-state index is 0.865. The highest BCUT2D eigenvalue weighted by molar-refractivity contribution is 6.04. The first-order chi connectivity index (χ1) is 20.6. The lowest BCUT2D eigenvalue weighted by molar-refractivity contribution is 0.419.